The average Bonchev–Trinajstić information content (AvgIpc) is 2.59. The Labute approximate surface area is 82.5 Å². The molecule has 0 aliphatic rings. The number of fused-ring (bicyclic) bond motifs is 1. The summed E-state index contributed by atoms with van der Waals surface area (Å²) in [5, 5.41) is 1.03. The van der Waals surface area contributed by atoms with Gasteiger partial charge >= 0.3 is 5.97 Å². The van der Waals surface area contributed by atoms with E-state index in [0.29, 0.717) is 5.69 Å². The first kappa shape index (κ1) is 8.87. The normalized spacial score (nSPS) is 10.4. The molecule has 0 atom stereocenters. The van der Waals surface area contributed by atoms with Crippen molar-refractivity contribution in [2.24, 2.45) is 0 Å². The van der Waals surface area contributed by atoms with Gasteiger partial charge in [0.2, 0.25) is 0 Å². The van der Waals surface area contributed by atoms with Crippen LogP contribution in [-0.4, -0.2) is 25.9 Å². The molecule has 1 N–H and O–H groups in total. The fourth-order valence-corrected chi connectivity index (χ4v) is 1.47. The van der Waals surface area contributed by atoms with Crippen LogP contribution in [0.2, 0.25) is 0 Å². The number of esters is 1. The van der Waals surface area contributed by atoms with Crippen molar-refractivity contribution in [2.75, 3.05) is 7.11 Å². The fourth-order valence-electron chi connectivity index (χ4n) is 1.47. The summed E-state index contributed by atoms with van der Waals surface area (Å²) in [6, 6.07) is 7.78. The Kier molecular flexibility index (Phi) is 2.04. The number of aromatic nitrogens is 1. The maximum Gasteiger partial charge on any atom is 0.354 e. The molecule has 2 aromatic rings. The van der Waals surface area contributed by atoms with Gasteiger partial charge in [-0.2, -0.15) is 0 Å². The molecule has 4 heteroatoms. The van der Waals surface area contributed by atoms with Crippen LogP contribution in [0.5, 0.6) is 0 Å². The number of carbonyl (C=O) groups excluding carboxylic acids is 1. The first-order valence-electron chi connectivity index (χ1n) is 4.38. The highest BCUT2D eigenvalue weighted by atomic mass is 16.5. The topological polar surface area (TPSA) is 42.1 Å². The van der Waals surface area contributed by atoms with Gasteiger partial charge in [0.25, 0.3) is 0 Å². The Bertz CT molecular complexity index is 490. The molecule has 1 aromatic carbocycles. The molecule has 0 saturated heterocycles. The number of hydrogen-bond donors (Lipinski definition) is 1. The Balaban J connectivity index is 2.56. The Morgan fingerprint density at radius 3 is 2.93 bits per heavy atom. The van der Waals surface area contributed by atoms with Crippen LogP contribution in [0.15, 0.2) is 24.3 Å². The molecule has 0 amide bonds. The fraction of sp³-hybridized carbons (Fsp3) is 0.100. The number of H-pyrrole nitrogens is 1. The van der Waals surface area contributed by atoms with Gasteiger partial charge in [0, 0.05) is 5.52 Å². The van der Waals surface area contributed by atoms with Crippen molar-refractivity contribution >= 4 is 30.2 Å². The van der Waals surface area contributed by atoms with Crippen LogP contribution in [0.4, 0.5) is 0 Å². The lowest BCUT2D eigenvalue weighted by atomic mass is 9.95. The van der Waals surface area contributed by atoms with Gasteiger partial charge in [-0.05, 0) is 17.5 Å². The highest BCUT2D eigenvalue weighted by Gasteiger charge is 2.08. The molecule has 14 heavy (non-hydrogen) atoms. The average molecular weight is 187 g/mol. The molecule has 1 aromatic heterocycles. The molecule has 70 valence electrons. The molecule has 3 nitrogen and oxygen atoms in total. The number of carbonyl (C=O) groups is 1. The third-order valence-electron chi connectivity index (χ3n) is 2.18. The van der Waals surface area contributed by atoms with Crippen LogP contribution >= 0.6 is 0 Å². The summed E-state index contributed by atoms with van der Waals surface area (Å²) in [5.41, 5.74) is 2.62. The third kappa shape index (κ3) is 1.39. The van der Waals surface area contributed by atoms with Gasteiger partial charge in [-0.15, -0.1) is 0 Å². The molecule has 0 fully saturated rings. The van der Waals surface area contributed by atoms with Crippen LogP contribution in [0.3, 0.4) is 0 Å². The third-order valence-corrected chi connectivity index (χ3v) is 2.18. The van der Waals surface area contributed by atoms with Gasteiger partial charge in [0.05, 0.1) is 7.11 Å². The Morgan fingerprint density at radius 1 is 1.43 bits per heavy atom. The Hall–Kier alpha value is -1.71. The molecular formula is C10H10BNO2. The van der Waals surface area contributed by atoms with Gasteiger partial charge in [-0.3, -0.25) is 0 Å². The van der Waals surface area contributed by atoms with E-state index in [1.807, 2.05) is 26.0 Å². The largest absolute Gasteiger partial charge is 0.464 e. The zero-order valence-electron chi connectivity index (χ0n) is 8.13. The number of methoxy groups -OCH3 is 1. The summed E-state index contributed by atoms with van der Waals surface area (Å²) in [6.45, 7) is 0. The quantitative estimate of drug-likeness (QED) is 0.512. The van der Waals surface area contributed by atoms with Crippen LogP contribution in [0.1, 0.15) is 10.5 Å². The second kappa shape index (κ2) is 3.22. The smallest absolute Gasteiger partial charge is 0.354 e. The van der Waals surface area contributed by atoms with Crippen molar-refractivity contribution in [1.29, 1.82) is 0 Å². The predicted octanol–water partition coefficient (Wildman–Crippen LogP) is 0.213. The van der Waals surface area contributed by atoms with E-state index in [4.69, 9.17) is 0 Å². The lowest BCUT2D eigenvalue weighted by molar-refractivity contribution is 0.0595. The number of ether oxygens (including phenoxy) is 1. The van der Waals surface area contributed by atoms with E-state index in [1.165, 1.54) is 12.6 Å². The van der Waals surface area contributed by atoms with E-state index in [9.17, 15) is 4.79 Å². The molecule has 1 heterocycles. The van der Waals surface area contributed by atoms with Crippen molar-refractivity contribution in [3.63, 3.8) is 0 Å². The number of hydrogen-bond acceptors (Lipinski definition) is 2. The maximum absolute atomic E-state index is 11.2. The van der Waals surface area contributed by atoms with Crippen molar-refractivity contribution < 1.29 is 9.53 Å². The second-order valence-corrected chi connectivity index (χ2v) is 3.27. The van der Waals surface area contributed by atoms with E-state index in [-0.39, 0.29) is 5.97 Å². The van der Waals surface area contributed by atoms with Crippen LogP contribution in [-0.2, 0) is 4.74 Å². The van der Waals surface area contributed by atoms with E-state index >= 15 is 0 Å². The molecule has 0 radical (unpaired) electrons. The van der Waals surface area contributed by atoms with E-state index in [2.05, 4.69) is 9.72 Å². The highest BCUT2D eigenvalue weighted by molar-refractivity contribution is 6.33. The lowest BCUT2D eigenvalue weighted by Gasteiger charge is -1.92. The van der Waals surface area contributed by atoms with Crippen LogP contribution in [0.25, 0.3) is 10.9 Å². The highest BCUT2D eigenvalue weighted by Crippen LogP contribution is 2.13. The van der Waals surface area contributed by atoms with Crippen molar-refractivity contribution in [3.8, 4) is 0 Å². The van der Waals surface area contributed by atoms with E-state index < -0.39 is 0 Å². The number of aromatic amines is 1. The molecule has 0 spiro atoms. The minimum Gasteiger partial charge on any atom is -0.464 e. The second-order valence-electron chi connectivity index (χ2n) is 3.27. The van der Waals surface area contributed by atoms with Gasteiger partial charge in [0.1, 0.15) is 13.5 Å². The van der Waals surface area contributed by atoms with Gasteiger partial charge in [-0.25, -0.2) is 4.79 Å². The monoisotopic (exact) mass is 187 g/mol. The minimum atomic E-state index is -0.334. The van der Waals surface area contributed by atoms with Gasteiger partial charge < -0.3 is 9.72 Å². The number of rotatable bonds is 1. The minimum absolute atomic E-state index is 0.334. The van der Waals surface area contributed by atoms with E-state index in [0.717, 1.165) is 10.9 Å². The first-order valence-corrected chi connectivity index (χ1v) is 4.38. The lowest BCUT2D eigenvalue weighted by Crippen LogP contribution is -2.00. The van der Waals surface area contributed by atoms with Crippen molar-refractivity contribution in [3.05, 3.63) is 30.0 Å². The molecular weight excluding hydrogens is 177 g/mol. The summed E-state index contributed by atoms with van der Waals surface area (Å²) in [4.78, 5) is 14.2. The molecule has 0 aliphatic heterocycles. The summed E-state index contributed by atoms with van der Waals surface area (Å²) in [6.07, 6.45) is 0. The SMILES string of the molecule is Bc1ccc2[nH]c(C(=O)OC)cc2c1. The van der Waals surface area contributed by atoms with Gasteiger partial charge in [-0.1, -0.05) is 17.6 Å². The molecule has 0 saturated carbocycles. The molecule has 2 rings (SSSR count). The van der Waals surface area contributed by atoms with Gasteiger partial charge in [0.15, 0.2) is 0 Å². The summed E-state index contributed by atoms with van der Waals surface area (Å²) in [7, 11) is 3.39. The van der Waals surface area contributed by atoms with Crippen LogP contribution in [0, 0.1) is 0 Å². The first-order chi connectivity index (χ1) is 6.70. The number of benzene rings is 1. The number of nitrogens with one attached hydrogen (secondary N) is 1. The Morgan fingerprint density at radius 2 is 2.21 bits per heavy atom. The van der Waals surface area contributed by atoms with Crippen molar-refractivity contribution in [2.45, 2.75) is 0 Å². The van der Waals surface area contributed by atoms with E-state index in [1.54, 1.807) is 6.07 Å². The maximum atomic E-state index is 11.2. The molecule has 0 bridgehead atoms. The van der Waals surface area contributed by atoms with Crippen molar-refractivity contribution in [1.82, 2.24) is 4.98 Å². The molecule has 0 aliphatic carbocycles. The predicted molar refractivity (Wildman–Crippen MR) is 57.8 cm³/mol. The summed E-state index contributed by atoms with van der Waals surface area (Å²) in [5.74, 6) is -0.334. The zero-order valence-corrected chi connectivity index (χ0v) is 8.13. The standard InChI is InChI=1S/C10H10BNO2/c1-14-10(13)9-5-6-4-7(11)2-3-8(6)12-9/h2-5,12H,11H2,1H3. The zero-order chi connectivity index (χ0) is 10.1. The molecule has 0 unspecified atom stereocenters. The van der Waals surface area contributed by atoms with Crippen LogP contribution < -0.4 is 5.46 Å². The summed E-state index contributed by atoms with van der Waals surface area (Å²) < 4.78 is 4.63. The summed E-state index contributed by atoms with van der Waals surface area (Å²) >= 11 is 0.